The second-order valence-electron chi connectivity index (χ2n) is 2.82. The first kappa shape index (κ1) is 12.5. The molecule has 1 rings (SSSR count). The Morgan fingerprint density at radius 2 is 2.20 bits per heavy atom. The van der Waals surface area contributed by atoms with Crippen LogP contribution in [0.4, 0.5) is 8.78 Å². The topological polar surface area (TPSA) is 17.1 Å². The van der Waals surface area contributed by atoms with E-state index in [9.17, 15) is 13.6 Å². The molecule has 1 nitrogen and oxygen atoms in total. The lowest BCUT2D eigenvalue weighted by Gasteiger charge is -2.10. The summed E-state index contributed by atoms with van der Waals surface area (Å²) < 4.78 is 25.9. The van der Waals surface area contributed by atoms with Gasteiger partial charge in [-0.3, -0.25) is 4.79 Å². The Hall–Kier alpha value is -0.610. The highest BCUT2D eigenvalue weighted by atomic mass is 35.5. The van der Waals surface area contributed by atoms with Gasteiger partial charge < -0.3 is 0 Å². The van der Waals surface area contributed by atoms with Crippen molar-refractivity contribution in [1.82, 2.24) is 0 Å². The molecule has 0 aliphatic heterocycles. The second kappa shape index (κ2) is 4.94. The fraction of sp³-hybridized carbons (Fsp3) is 0.300. The summed E-state index contributed by atoms with van der Waals surface area (Å²) >= 11 is 7.26. The van der Waals surface area contributed by atoms with Crippen molar-refractivity contribution in [2.45, 2.75) is 17.7 Å². The number of thioether (sulfide) groups is 1. The molecule has 1 aromatic rings. The van der Waals surface area contributed by atoms with Crippen LogP contribution in [0.2, 0.25) is 5.02 Å². The van der Waals surface area contributed by atoms with Crippen molar-refractivity contribution in [2.75, 3.05) is 5.75 Å². The van der Waals surface area contributed by atoms with Crippen LogP contribution in [-0.4, -0.2) is 12.0 Å². The first-order valence-corrected chi connectivity index (χ1v) is 5.64. The summed E-state index contributed by atoms with van der Waals surface area (Å²) in [7, 11) is 0. The average Bonchev–Trinajstić information content (AvgIpc) is 2.21. The molecular formula is C10H9ClF2OS. The molecule has 0 bridgehead atoms. The van der Waals surface area contributed by atoms with E-state index in [4.69, 9.17) is 11.6 Å². The van der Waals surface area contributed by atoms with Crippen LogP contribution in [0.3, 0.4) is 0 Å². The number of rotatable bonds is 4. The first-order valence-electron chi connectivity index (χ1n) is 4.28. The van der Waals surface area contributed by atoms with Crippen molar-refractivity contribution in [3.05, 3.63) is 28.8 Å². The number of hydrogen-bond acceptors (Lipinski definition) is 2. The lowest BCUT2D eigenvalue weighted by Crippen LogP contribution is -2.14. The van der Waals surface area contributed by atoms with E-state index in [1.54, 1.807) is 0 Å². The summed E-state index contributed by atoms with van der Waals surface area (Å²) in [5.74, 6) is -2.65. The van der Waals surface area contributed by atoms with Crippen LogP contribution in [0, 0.1) is 0 Å². The molecule has 0 N–H and O–H groups in total. The SMILES string of the molecule is CCSc1ccc(C(F)(F)C=O)cc1Cl. The van der Waals surface area contributed by atoms with E-state index < -0.39 is 5.92 Å². The van der Waals surface area contributed by atoms with E-state index in [0.717, 1.165) is 16.7 Å². The maximum atomic E-state index is 12.9. The van der Waals surface area contributed by atoms with Crippen LogP contribution in [0.25, 0.3) is 0 Å². The Labute approximate surface area is 95.8 Å². The molecule has 82 valence electrons. The lowest BCUT2D eigenvalue weighted by atomic mass is 10.1. The summed E-state index contributed by atoms with van der Waals surface area (Å²) in [6.07, 6.45) is -0.384. The van der Waals surface area contributed by atoms with Crippen molar-refractivity contribution in [1.29, 1.82) is 0 Å². The summed E-state index contributed by atoms with van der Waals surface area (Å²) in [5.41, 5.74) is -0.372. The Balaban J connectivity index is 3.06. The molecule has 0 unspecified atom stereocenters. The van der Waals surface area contributed by atoms with Gasteiger partial charge in [0.05, 0.1) is 5.02 Å². The van der Waals surface area contributed by atoms with Crippen LogP contribution >= 0.6 is 23.4 Å². The minimum Gasteiger partial charge on any atom is -0.296 e. The fourth-order valence-electron chi connectivity index (χ4n) is 1.05. The molecule has 0 aromatic heterocycles. The molecule has 0 heterocycles. The van der Waals surface area contributed by atoms with Gasteiger partial charge in [0.15, 0.2) is 6.29 Å². The zero-order valence-corrected chi connectivity index (χ0v) is 9.54. The molecule has 0 aliphatic rings. The van der Waals surface area contributed by atoms with Crippen LogP contribution in [0.1, 0.15) is 12.5 Å². The van der Waals surface area contributed by atoms with E-state index in [2.05, 4.69) is 0 Å². The number of carbonyl (C=O) groups excluding carboxylic acids is 1. The highest BCUT2D eigenvalue weighted by molar-refractivity contribution is 7.99. The summed E-state index contributed by atoms with van der Waals surface area (Å²) in [6.45, 7) is 1.94. The van der Waals surface area contributed by atoms with Gasteiger partial charge in [-0.25, -0.2) is 0 Å². The van der Waals surface area contributed by atoms with Gasteiger partial charge in [-0.05, 0) is 17.9 Å². The molecule has 0 fully saturated rings. The third kappa shape index (κ3) is 2.92. The van der Waals surface area contributed by atoms with Gasteiger partial charge in [0.2, 0.25) is 0 Å². The van der Waals surface area contributed by atoms with E-state index in [1.807, 2.05) is 6.92 Å². The lowest BCUT2D eigenvalue weighted by molar-refractivity contribution is -0.130. The van der Waals surface area contributed by atoms with Crippen molar-refractivity contribution >= 4 is 29.6 Å². The fourth-order valence-corrected chi connectivity index (χ4v) is 2.07. The Kier molecular flexibility index (Phi) is 4.11. The second-order valence-corrected chi connectivity index (χ2v) is 4.53. The largest absolute Gasteiger partial charge is 0.327 e. The first-order chi connectivity index (χ1) is 7.01. The van der Waals surface area contributed by atoms with E-state index >= 15 is 0 Å². The Morgan fingerprint density at radius 1 is 1.53 bits per heavy atom. The monoisotopic (exact) mass is 250 g/mol. The molecule has 0 saturated heterocycles. The normalized spacial score (nSPS) is 11.5. The van der Waals surface area contributed by atoms with Crippen molar-refractivity contribution in [3.8, 4) is 0 Å². The number of aldehydes is 1. The molecular weight excluding hydrogens is 242 g/mol. The Morgan fingerprint density at radius 3 is 2.67 bits per heavy atom. The molecule has 1 aromatic carbocycles. The van der Waals surface area contributed by atoms with Crippen molar-refractivity contribution in [2.24, 2.45) is 0 Å². The molecule has 0 radical (unpaired) electrons. The van der Waals surface area contributed by atoms with Crippen molar-refractivity contribution < 1.29 is 13.6 Å². The quantitative estimate of drug-likeness (QED) is 0.598. The maximum Gasteiger partial charge on any atom is 0.327 e. The van der Waals surface area contributed by atoms with Crippen LogP contribution < -0.4 is 0 Å². The number of halogens is 3. The third-order valence-corrected chi connectivity index (χ3v) is 3.15. The zero-order chi connectivity index (χ0) is 11.5. The van der Waals surface area contributed by atoms with Crippen LogP contribution in [0.15, 0.2) is 23.1 Å². The molecule has 0 saturated carbocycles. The predicted molar refractivity (Wildman–Crippen MR) is 57.8 cm³/mol. The van der Waals surface area contributed by atoms with Crippen molar-refractivity contribution in [3.63, 3.8) is 0 Å². The number of carbonyl (C=O) groups is 1. The van der Waals surface area contributed by atoms with Gasteiger partial charge in [0.25, 0.3) is 0 Å². The summed E-state index contributed by atoms with van der Waals surface area (Å²) in [5, 5.41) is 0.251. The number of benzene rings is 1. The zero-order valence-electron chi connectivity index (χ0n) is 7.97. The Bertz CT molecular complexity index is 368. The van der Waals surface area contributed by atoms with Crippen LogP contribution in [-0.2, 0) is 10.7 Å². The minimum atomic E-state index is -3.46. The van der Waals surface area contributed by atoms with E-state index in [0.29, 0.717) is 0 Å². The average molecular weight is 251 g/mol. The number of alkyl halides is 2. The maximum absolute atomic E-state index is 12.9. The smallest absolute Gasteiger partial charge is 0.296 e. The van der Waals surface area contributed by atoms with Gasteiger partial charge in [-0.15, -0.1) is 11.8 Å². The molecule has 15 heavy (non-hydrogen) atoms. The highest BCUT2D eigenvalue weighted by Crippen LogP contribution is 2.33. The highest BCUT2D eigenvalue weighted by Gasteiger charge is 2.31. The predicted octanol–water partition coefficient (Wildman–Crippen LogP) is 3.74. The van der Waals surface area contributed by atoms with Gasteiger partial charge >= 0.3 is 5.92 Å². The van der Waals surface area contributed by atoms with Crippen LogP contribution in [0.5, 0.6) is 0 Å². The van der Waals surface area contributed by atoms with Gasteiger partial charge in [0, 0.05) is 10.5 Å². The minimum absolute atomic E-state index is 0.251. The number of hydrogen-bond donors (Lipinski definition) is 0. The molecule has 0 aliphatic carbocycles. The van der Waals surface area contributed by atoms with E-state index in [1.165, 1.54) is 23.9 Å². The summed E-state index contributed by atoms with van der Waals surface area (Å²) in [4.78, 5) is 10.9. The molecule has 0 atom stereocenters. The molecule has 0 spiro atoms. The van der Waals surface area contributed by atoms with Gasteiger partial charge in [-0.2, -0.15) is 8.78 Å². The van der Waals surface area contributed by atoms with Gasteiger partial charge in [-0.1, -0.05) is 24.6 Å². The molecule has 0 amide bonds. The summed E-state index contributed by atoms with van der Waals surface area (Å²) in [6, 6.07) is 3.86. The standard InChI is InChI=1S/C10H9ClF2OS/c1-2-15-9-4-3-7(5-8(9)11)10(12,13)6-14/h3-6H,2H2,1H3. The molecule has 5 heteroatoms. The van der Waals surface area contributed by atoms with Gasteiger partial charge in [0.1, 0.15) is 0 Å². The third-order valence-electron chi connectivity index (χ3n) is 1.76. The van der Waals surface area contributed by atoms with E-state index in [-0.39, 0.29) is 16.9 Å².